The molecule has 0 bridgehead atoms. The third-order valence-corrected chi connectivity index (χ3v) is 8.15. The summed E-state index contributed by atoms with van der Waals surface area (Å²) in [6.45, 7) is 0. The molecule has 13 heavy (non-hydrogen) atoms. The largest absolute Gasteiger partial charge is 0.473 e. The maximum Gasteiger partial charge on any atom is 0.370 e. The number of carboxylic acid groups (broad SMARTS) is 3. The summed E-state index contributed by atoms with van der Waals surface area (Å²) < 4.78 is 0. The third kappa shape index (κ3) is 8.23. The van der Waals surface area contributed by atoms with Crippen molar-refractivity contribution in [2.45, 2.75) is 0 Å². The first-order valence-corrected chi connectivity index (χ1v) is 8.05. The lowest BCUT2D eigenvalue weighted by Crippen LogP contribution is -1.85. The summed E-state index contributed by atoms with van der Waals surface area (Å²) in [4.78, 5) is 30.4. The number of carbonyl (C=O) groups is 3. The van der Waals surface area contributed by atoms with Crippen molar-refractivity contribution in [1.82, 2.24) is 0 Å². The van der Waals surface area contributed by atoms with Gasteiger partial charge in [0.15, 0.2) is 0 Å². The van der Waals surface area contributed by atoms with Crippen LogP contribution in [0.15, 0.2) is 0 Å². The smallest absolute Gasteiger partial charge is 0.370 e. The van der Waals surface area contributed by atoms with E-state index in [0.29, 0.717) is 34.1 Å². The van der Waals surface area contributed by atoms with E-state index < -0.39 is 21.4 Å². The van der Waals surface area contributed by atoms with Gasteiger partial charge in [-0.3, -0.25) is 0 Å². The molecule has 0 saturated carbocycles. The van der Waals surface area contributed by atoms with Gasteiger partial charge in [0.1, 0.15) is 5.53 Å². The Labute approximate surface area is 85.5 Å². The van der Waals surface area contributed by atoms with E-state index in [9.17, 15) is 14.4 Å². The van der Waals surface area contributed by atoms with Gasteiger partial charge < -0.3 is 15.3 Å². The van der Waals surface area contributed by atoms with E-state index in [1.807, 2.05) is 0 Å². The van der Waals surface area contributed by atoms with Crippen LogP contribution in [0.3, 0.4) is 0 Å². The van der Waals surface area contributed by atoms with Gasteiger partial charge in [-0.05, 0) is 0 Å². The van der Waals surface area contributed by atoms with Gasteiger partial charge in [-0.2, -0.15) is 0 Å². The SMILES string of the molecule is O=C(O)SP(SC(=O)O)SC(=O)O. The Kier molecular flexibility index (Phi) is 6.31. The molecule has 0 atom stereocenters. The molecule has 0 unspecified atom stereocenters. The Morgan fingerprint density at radius 1 is 0.769 bits per heavy atom. The molecule has 0 aliphatic carbocycles. The van der Waals surface area contributed by atoms with E-state index in [2.05, 4.69) is 0 Å². The minimum Gasteiger partial charge on any atom is -0.473 e. The zero-order chi connectivity index (χ0) is 10.4. The second-order valence-electron chi connectivity index (χ2n) is 1.30. The van der Waals surface area contributed by atoms with Crippen LogP contribution in [0, 0.1) is 0 Å². The summed E-state index contributed by atoms with van der Waals surface area (Å²) in [5.74, 6) is 0. The predicted octanol–water partition coefficient (Wildman–Crippen LogP) is 3.45. The normalized spacial score (nSPS) is 9.92. The molecule has 0 aliphatic rings. The molecular formula is C3H3O6PS3. The van der Waals surface area contributed by atoms with Crippen LogP contribution in [-0.4, -0.2) is 31.2 Å². The molecule has 0 saturated heterocycles. The highest BCUT2D eigenvalue weighted by Gasteiger charge is 2.22. The van der Waals surface area contributed by atoms with Crippen molar-refractivity contribution in [2.24, 2.45) is 0 Å². The molecule has 0 amide bonds. The van der Waals surface area contributed by atoms with Crippen molar-refractivity contribution in [2.75, 3.05) is 0 Å². The monoisotopic (exact) mass is 262 g/mol. The molecule has 0 aromatic heterocycles. The maximum absolute atomic E-state index is 10.1. The van der Waals surface area contributed by atoms with Crippen molar-refractivity contribution >= 4 is 55.6 Å². The Hall–Kier alpha value is -0.110. The highest BCUT2D eigenvalue weighted by atomic mass is 33.4. The standard InChI is InChI=1S/C3H3O6PS3/c4-1(5)11-10(12-2(6)7)13-3(8)9/h(H,4,5)(H,6,7)(H,8,9). The van der Waals surface area contributed by atoms with Gasteiger partial charge in [-0.25, -0.2) is 14.4 Å². The van der Waals surface area contributed by atoms with Crippen molar-refractivity contribution in [3.63, 3.8) is 0 Å². The highest BCUT2D eigenvalue weighted by Crippen LogP contribution is 2.70. The molecule has 0 aliphatic heterocycles. The molecule has 0 heterocycles. The summed E-state index contributed by atoms with van der Waals surface area (Å²) in [6.07, 6.45) is 0. The molecule has 0 radical (unpaired) electrons. The summed E-state index contributed by atoms with van der Waals surface area (Å²) in [5.41, 5.74) is -1.73. The first-order chi connectivity index (χ1) is 5.91. The van der Waals surface area contributed by atoms with E-state index in [1.54, 1.807) is 0 Å². The second-order valence-corrected chi connectivity index (χ2v) is 10.3. The fourth-order valence-corrected chi connectivity index (χ4v) is 6.67. The lowest BCUT2D eigenvalue weighted by atomic mass is 11.6. The third-order valence-electron chi connectivity index (χ3n) is 0.458. The molecule has 0 aromatic rings. The van der Waals surface area contributed by atoms with Crippen LogP contribution in [0.25, 0.3) is 0 Å². The van der Waals surface area contributed by atoms with Gasteiger partial charge in [0.2, 0.25) is 0 Å². The fraction of sp³-hybridized carbons (Fsp3) is 0. The average Bonchev–Trinajstić information content (AvgIpc) is 1.80. The van der Waals surface area contributed by atoms with Gasteiger partial charge in [0, 0.05) is 34.1 Å². The van der Waals surface area contributed by atoms with Crippen molar-refractivity contribution in [3.05, 3.63) is 0 Å². The Morgan fingerprint density at radius 3 is 1.15 bits per heavy atom. The van der Waals surface area contributed by atoms with Crippen molar-refractivity contribution in [1.29, 1.82) is 0 Å². The lowest BCUT2D eigenvalue weighted by Gasteiger charge is -2.05. The summed E-state index contributed by atoms with van der Waals surface area (Å²) >= 11 is 0.906. The predicted molar refractivity (Wildman–Crippen MR) is 53.8 cm³/mol. The molecule has 0 spiro atoms. The van der Waals surface area contributed by atoms with E-state index >= 15 is 0 Å². The number of rotatable bonds is 3. The van der Waals surface area contributed by atoms with E-state index in [4.69, 9.17) is 15.3 Å². The van der Waals surface area contributed by atoms with Crippen LogP contribution in [0.1, 0.15) is 0 Å². The van der Waals surface area contributed by atoms with Gasteiger partial charge >= 0.3 is 15.9 Å². The van der Waals surface area contributed by atoms with Crippen molar-refractivity contribution in [3.8, 4) is 0 Å². The van der Waals surface area contributed by atoms with Crippen LogP contribution in [0.4, 0.5) is 14.4 Å². The molecule has 3 N–H and O–H groups in total. The molecule has 0 rings (SSSR count). The Bertz CT molecular complexity index is 193. The van der Waals surface area contributed by atoms with Crippen LogP contribution < -0.4 is 0 Å². The summed E-state index contributed by atoms with van der Waals surface area (Å²) in [5, 5.41) is 21.0. The van der Waals surface area contributed by atoms with Gasteiger partial charge in [0.25, 0.3) is 0 Å². The fourth-order valence-electron chi connectivity index (χ4n) is 0.247. The molecule has 0 aromatic carbocycles. The zero-order valence-electron chi connectivity index (χ0n) is 5.74. The molecule has 0 fully saturated rings. The first-order valence-electron chi connectivity index (χ1n) is 2.44. The topological polar surface area (TPSA) is 112 Å². The van der Waals surface area contributed by atoms with E-state index in [-0.39, 0.29) is 0 Å². The van der Waals surface area contributed by atoms with Gasteiger partial charge in [-0.1, -0.05) is 0 Å². The minimum absolute atomic E-state index is 0.302. The lowest BCUT2D eigenvalue weighted by molar-refractivity contribution is 0.221. The Morgan fingerprint density at radius 2 is 1.00 bits per heavy atom. The second kappa shape index (κ2) is 6.36. The van der Waals surface area contributed by atoms with Crippen LogP contribution in [0.5, 0.6) is 0 Å². The average molecular weight is 262 g/mol. The van der Waals surface area contributed by atoms with Crippen molar-refractivity contribution < 1.29 is 29.7 Å². The molecule has 10 heteroatoms. The minimum atomic E-state index is -1.73. The Balaban J connectivity index is 4.10. The molecule has 6 nitrogen and oxygen atoms in total. The van der Waals surface area contributed by atoms with Crippen LogP contribution in [0.2, 0.25) is 0 Å². The maximum atomic E-state index is 10.1. The van der Waals surface area contributed by atoms with Crippen LogP contribution >= 0.6 is 39.7 Å². The highest BCUT2D eigenvalue weighted by molar-refractivity contribution is 9.18. The van der Waals surface area contributed by atoms with Gasteiger partial charge in [-0.15, -0.1) is 0 Å². The zero-order valence-corrected chi connectivity index (χ0v) is 9.08. The quantitative estimate of drug-likeness (QED) is 0.658. The van der Waals surface area contributed by atoms with E-state index in [0.717, 1.165) is 0 Å². The molecular weight excluding hydrogens is 259 g/mol. The summed E-state index contributed by atoms with van der Waals surface area (Å²) in [7, 11) is 0. The van der Waals surface area contributed by atoms with E-state index in [1.165, 1.54) is 0 Å². The first kappa shape index (κ1) is 12.9. The molecule has 74 valence electrons. The van der Waals surface area contributed by atoms with Gasteiger partial charge in [0.05, 0.1) is 0 Å². The summed E-state index contributed by atoms with van der Waals surface area (Å²) in [6, 6.07) is 0. The number of hydrogen-bond acceptors (Lipinski definition) is 6. The van der Waals surface area contributed by atoms with Crippen LogP contribution in [-0.2, 0) is 0 Å². The number of hydrogen-bond donors (Lipinski definition) is 3.